The van der Waals surface area contributed by atoms with Gasteiger partial charge in [-0.2, -0.15) is 0 Å². The number of aromatic nitrogens is 2. The number of carbonyl (C=O) groups excluding carboxylic acids is 1. The van der Waals surface area contributed by atoms with E-state index >= 15 is 0 Å². The summed E-state index contributed by atoms with van der Waals surface area (Å²) in [5, 5.41) is 8.27. The number of methoxy groups -OCH3 is 2. The van der Waals surface area contributed by atoms with Crippen LogP contribution in [0.5, 0.6) is 11.5 Å². The van der Waals surface area contributed by atoms with Crippen LogP contribution in [0.25, 0.3) is 11.5 Å². The van der Waals surface area contributed by atoms with Gasteiger partial charge in [-0.15, -0.1) is 10.2 Å². The first kappa shape index (κ1) is 17.8. The van der Waals surface area contributed by atoms with Crippen LogP contribution in [0.15, 0.2) is 46.9 Å². The molecule has 2 aromatic carbocycles. The van der Waals surface area contributed by atoms with Crippen LogP contribution in [0.4, 0.5) is 0 Å². The first-order valence-corrected chi connectivity index (χ1v) is 7.96. The molecule has 0 aliphatic carbocycles. The maximum Gasteiger partial charge on any atom is 0.338 e. The van der Waals surface area contributed by atoms with Gasteiger partial charge in [-0.25, -0.2) is 4.79 Å². The van der Waals surface area contributed by atoms with E-state index in [9.17, 15) is 4.79 Å². The van der Waals surface area contributed by atoms with Crippen molar-refractivity contribution in [1.82, 2.24) is 10.2 Å². The minimum absolute atomic E-state index is 0.156. The lowest BCUT2D eigenvalue weighted by atomic mass is 10.2. The van der Waals surface area contributed by atoms with Crippen LogP contribution < -0.4 is 9.47 Å². The molecule has 134 valence electrons. The highest BCUT2D eigenvalue weighted by Crippen LogP contribution is 2.27. The Labute approximate surface area is 154 Å². The normalized spacial score (nSPS) is 10.4. The van der Waals surface area contributed by atoms with Crippen molar-refractivity contribution in [2.24, 2.45) is 0 Å². The molecule has 3 rings (SSSR count). The molecular weight excluding hydrogens is 360 g/mol. The van der Waals surface area contributed by atoms with Crippen LogP contribution in [0.1, 0.15) is 16.2 Å². The summed E-state index contributed by atoms with van der Waals surface area (Å²) in [6, 6.07) is 11.8. The number of halogens is 1. The molecule has 0 unspecified atom stereocenters. The van der Waals surface area contributed by atoms with E-state index in [1.54, 1.807) is 42.5 Å². The van der Waals surface area contributed by atoms with E-state index in [1.807, 2.05) is 0 Å². The zero-order valence-corrected chi connectivity index (χ0v) is 14.8. The number of ether oxygens (including phenoxy) is 3. The van der Waals surface area contributed by atoms with Crippen molar-refractivity contribution in [2.75, 3.05) is 14.2 Å². The molecule has 1 aromatic heterocycles. The number of hydrogen-bond donors (Lipinski definition) is 0. The highest BCUT2D eigenvalue weighted by molar-refractivity contribution is 6.33. The fraction of sp³-hybridized carbons (Fsp3) is 0.167. The average molecular weight is 375 g/mol. The highest BCUT2D eigenvalue weighted by atomic mass is 35.5. The van der Waals surface area contributed by atoms with Crippen molar-refractivity contribution in [2.45, 2.75) is 6.61 Å². The molecule has 0 aliphatic heterocycles. The van der Waals surface area contributed by atoms with Gasteiger partial charge < -0.3 is 18.6 Å². The molecule has 0 N–H and O–H groups in total. The number of carbonyl (C=O) groups is 1. The van der Waals surface area contributed by atoms with Crippen LogP contribution >= 0.6 is 11.6 Å². The summed E-state index contributed by atoms with van der Waals surface area (Å²) in [4.78, 5) is 12.2. The fourth-order valence-electron chi connectivity index (χ4n) is 2.19. The van der Waals surface area contributed by atoms with Crippen LogP contribution in [-0.4, -0.2) is 30.4 Å². The van der Waals surface area contributed by atoms with Gasteiger partial charge in [0.25, 0.3) is 5.89 Å². The van der Waals surface area contributed by atoms with Crippen molar-refractivity contribution < 1.29 is 23.4 Å². The van der Waals surface area contributed by atoms with Crippen LogP contribution in [0.2, 0.25) is 5.02 Å². The van der Waals surface area contributed by atoms with Crippen LogP contribution in [-0.2, 0) is 11.3 Å². The van der Waals surface area contributed by atoms with Gasteiger partial charge in [-0.3, -0.25) is 0 Å². The summed E-state index contributed by atoms with van der Waals surface area (Å²) < 4.78 is 21.0. The van der Waals surface area contributed by atoms with Crippen molar-refractivity contribution in [3.8, 4) is 23.0 Å². The maximum atomic E-state index is 12.2. The largest absolute Gasteiger partial charge is 0.497 e. The second kappa shape index (κ2) is 7.88. The number of nitrogens with zero attached hydrogens (tertiary/aromatic N) is 2. The third-order valence-corrected chi connectivity index (χ3v) is 3.81. The minimum Gasteiger partial charge on any atom is -0.497 e. The molecule has 1 heterocycles. The zero-order chi connectivity index (χ0) is 18.5. The monoisotopic (exact) mass is 374 g/mol. The van der Waals surface area contributed by atoms with Crippen molar-refractivity contribution in [3.05, 3.63) is 58.9 Å². The third kappa shape index (κ3) is 3.94. The maximum absolute atomic E-state index is 12.2. The lowest BCUT2D eigenvalue weighted by Gasteiger charge is -2.07. The molecule has 0 fully saturated rings. The Balaban J connectivity index is 1.70. The number of esters is 1. The Morgan fingerprint density at radius 1 is 1.08 bits per heavy atom. The van der Waals surface area contributed by atoms with Crippen molar-refractivity contribution >= 4 is 17.6 Å². The Morgan fingerprint density at radius 3 is 2.42 bits per heavy atom. The first-order chi connectivity index (χ1) is 12.6. The zero-order valence-electron chi connectivity index (χ0n) is 14.1. The van der Waals surface area contributed by atoms with E-state index in [0.29, 0.717) is 22.1 Å². The summed E-state index contributed by atoms with van der Waals surface area (Å²) in [5.41, 5.74) is 0.892. The Morgan fingerprint density at radius 2 is 1.77 bits per heavy atom. The quantitative estimate of drug-likeness (QED) is 0.607. The number of rotatable bonds is 6. The average Bonchev–Trinajstić information content (AvgIpc) is 3.14. The molecule has 7 nitrogen and oxygen atoms in total. The van der Waals surface area contributed by atoms with Gasteiger partial charge in [0.15, 0.2) is 6.61 Å². The fourth-order valence-corrected chi connectivity index (χ4v) is 2.41. The van der Waals surface area contributed by atoms with E-state index < -0.39 is 5.97 Å². The van der Waals surface area contributed by atoms with Gasteiger partial charge in [-0.05, 0) is 24.3 Å². The van der Waals surface area contributed by atoms with E-state index in [4.69, 9.17) is 30.2 Å². The van der Waals surface area contributed by atoms with Gasteiger partial charge >= 0.3 is 5.97 Å². The Hall–Kier alpha value is -3.06. The first-order valence-electron chi connectivity index (χ1n) is 7.58. The van der Waals surface area contributed by atoms with Crippen LogP contribution in [0, 0.1) is 0 Å². The molecular formula is C18H15ClN2O5. The molecule has 0 aliphatic rings. The van der Waals surface area contributed by atoms with Gasteiger partial charge in [0.1, 0.15) is 11.5 Å². The predicted molar refractivity (Wildman–Crippen MR) is 93.4 cm³/mol. The topological polar surface area (TPSA) is 83.7 Å². The van der Waals surface area contributed by atoms with Gasteiger partial charge in [0, 0.05) is 6.07 Å². The van der Waals surface area contributed by atoms with Gasteiger partial charge in [0.05, 0.1) is 30.4 Å². The molecule has 0 bridgehead atoms. The lowest BCUT2D eigenvalue weighted by Crippen LogP contribution is -2.06. The van der Waals surface area contributed by atoms with Crippen molar-refractivity contribution in [3.63, 3.8) is 0 Å². The summed E-state index contributed by atoms with van der Waals surface area (Å²) in [6.45, 7) is -0.171. The Bertz CT molecular complexity index is 903. The van der Waals surface area contributed by atoms with Gasteiger partial charge in [-0.1, -0.05) is 23.7 Å². The van der Waals surface area contributed by atoms with Crippen LogP contribution in [0.3, 0.4) is 0 Å². The second-order valence-electron chi connectivity index (χ2n) is 5.16. The van der Waals surface area contributed by atoms with E-state index in [0.717, 1.165) is 0 Å². The summed E-state index contributed by atoms with van der Waals surface area (Å²) in [5.74, 6) is 0.803. The predicted octanol–water partition coefficient (Wildman–Crippen LogP) is 3.76. The van der Waals surface area contributed by atoms with E-state index in [2.05, 4.69) is 10.2 Å². The molecule has 0 radical (unpaired) electrons. The second-order valence-corrected chi connectivity index (χ2v) is 5.57. The molecule has 0 saturated heterocycles. The smallest absolute Gasteiger partial charge is 0.338 e. The van der Waals surface area contributed by atoms with E-state index in [-0.39, 0.29) is 24.0 Å². The molecule has 3 aromatic rings. The molecule has 0 atom stereocenters. The molecule has 0 saturated carbocycles. The molecule has 0 amide bonds. The van der Waals surface area contributed by atoms with Crippen molar-refractivity contribution in [1.29, 1.82) is 0 Å². The SMILES string of the molecule is COc1cc(OC)cc(C(=O)OCc2nnc(-c3ccccc3Cl)o2)c1. The minimum atomic E-state index is -0.570. The van der Waals surface area contributed by atoms with E-state index in [1.165, 1.54) is 14.2 Å². The Kier molecular flexibility index (Phi) is 5.38. The number of benzene rings is 2. The summed E-state index contributed by atoms with van der Waals surface area (Å²) in [6.07, 6.45) is 0. The third-order valence-electron chi connectivity index (χ3n) is 3.48. The van der Waals surface area contributed by atoms with Gasteiger partial charge in [0.2, 0.25) is 5.89 Å². The molecule has 0 spiro atoms. The molecule has 8 heteroatoms. The number of hydrogen-bond acceptors (Lipinski definition) is 7. The molecule has 26 heavy (non-hydrogen) atoms. The summed E-state index contributed by atoms with van der Waals surface area (Å²) in [7, 11) is 3.00. The highest BCUT2D eigenvalue weighted by Gasteiger charge is 2.15. The standard InChI is InChI=1S/C18H15ClN2O5/c1-23-12-7-11(8-13(9-12)24-2)18(22)25-10-16-20-21-17(26-16)14-5-3-4-6-15(14)19/h3-9H,10H2,1-2H3. The summed E-state index contributed by atoms with van der Waals surface area (Å²) >= 11 is 6.10. The lowest BCUT2D eigenvalue weighted by molar-refractivity contribution is 0.0438.